The van der Waals surface area contributed by atoms with Crippen molar-refractivity contribution in [2.45, 2.75) is 13.8 Å². The van der Waals surface area contributed by atoms with Gasteiger partial charge in [0, 0.05) is 12.8 Å². The lowest BCUT2D eigenvalue weighted by Crippen LogP contribution is -1.93. The largest absolute Gasteiger partial charge is 0.504 e. The van der Waals surface area contributed by atoms with Crippen molar-refractivity contribution in [2.75, 3.05) is 13.7 Å². The van der Waals surface area contributed by atoms with Crippen LogP contribution in [-0.4, -0.2) is 25.0 Å². The third kappa shape index (κ3) is 3.62. The molecule has 3 nitrogen and oxygen atoms in total. The van der Waals surface area contributed by atoms with Gasteiger partial charge in [-0.05, 0) is 29.7 Å². The molecule has 0 unspecified atom stereocenters. The zero-order valence-electron chi connectivity index (χ0n) is 9.40. The summed E-state index contributed by atoms with van der Waals surface area (Å²) in [5.41, 5.74) is 0.935. The van der Waals surface area contributed by atoms with Crippen molar-refractivity contribution in [1.82, 2.24) is 0 Å². The van der Waals surface area contributed by atoms with Crippen LogP contribution in [0.2, 0.25) is 0 Å². The summed E-state index contributed by atoms with van der Waals surface area (Å²) < 4.78 is 5.00. The third-order valence-corrected chi connectivity index (χ3v) is 1.91. The molecule has 1 aromatic carbocycles. The molecule has 0 saturated heterocycles. The van der Waals surface area contributed by atoms with Crippen LogP contribution in [0.25, 0.3) is 0 Å². The number of hydrogen-bond donors (Lipinski definition) is 1. The van der Waals surface area contributed by atoms with Crippen LogP contribution in [0.1, 0.15) is 19.4 Å². The Bertz CT molecular complexity index is 345. The fourth-order valence-corrected chi connectivity index (χ4v) is 1.14. The van der Waals surface area contributed by atoms with E-state index < -0.39 is 0 Å². The molecule has 0 aliphatic rings. The molecule has 0 amide bonds. The van der Waals surface area contributed by atoms with Gasteiger partial charge >= 0.3 is 0 Å². The number of phenols is 1. The van der Waals surface area contributed by atoms with E-state index in [9.17, 15) is 5.11 Å². The lowest BCUT2D eigenvalue weighted by molar-refractivity contribution is 0.373. The van der Waals surface area contributed by atoms with Crippen LogP contribution < -0.4 is 4.74 Å². The minimum absolute atomic E-state index is 0.151. The fourth-order valence-electron chi connectivity index (χ4n) is 1.14. The molecule has 0 aliphatic heterocycles. The maximum Gasteiger partial charge on any atom is 0.161 e. The Morgan fingerprint density at radius 1 is 1.47 bits per heavy atom. The average molecular weight is 207 g/mol. The molecule has 0 heterocycles. The van der Waals surface area contributed by atoms with Crippen LogP contribution in [0.4, 0.5) is 0 Å². The van der Waals surface area contributed by atoms with Crippen LogP contribution in [-0.2, 0) is 0 Å². The lowest BCUT2D eigenvalue weighted by Gasteiger charge is -2.03. The smallest absolute Gasteiger partial charge is 0.161 e. The number of methoxy groups -OCH3 is 1. The van der Waals surface area contributed by atoms with Crippen molar-refractivity contribution in [2.24, 2.45) is 10.9 Å². The predicted molar refractivity (Wildman–Crippen MR) is 62.0 cm³/mol. The van der Waals surface area contributed by atoms with Crippen molar-refractivity contribution >= 4 is 6.21 Å². The van der Waals surface area contributed by atoms with Crippen LogP contribution >= 0.6 is 0 Å². The van der Waals surface area contributed by atoms with E-state index in [0.717, 1.165) is 12.1 Å². The molecule has 0 atom stereocenters. The van der Waals surface area contributed by atoms with Gasteiger partial charge < -0.3 is 9.84 Å². The topological polar surface area (TPSA) is 41.8 Å². The molecule has 1 rings (SSSR count). The van der Waals surface area contributed by atoms with Gasteiger partial charge in [-0.25, -0.2) is 0 Å². The van der Waals surface area contributed by atoms with Crippen LogP contribution in [0.3, 0.4) is 0 Å². The highest BCUT2D eigenvalue weighted by molar-refractivity contribution is 5.80. The fraction of sp³-hybridized carbons (Fsp3) is 0.417. The Hall–Kier alpha value is -1.51. The maximum absolute atomic E-state index is 9.38. The van der Waals surface area contributed by atoms with Gasteiger partial charge in [-0.2, -0.15) is 0 Å². The summed E-state index contributed by atoms with van der Waals surface area (Å²) >= 11 is 0. The number of aromatic hydroxyl groups is 1. The van der Waals surface area contributed by atoms with Crippen LogP contribution in [0, 0.1) is 5.92 Å². The highest BCUT2D eigenvalue weighted by Gasteiger charge is 2.00. The Balaban J connectivity index is 2.74. The second-order valence-electron chi connectivity index (χ2n) is 3.82. The van der Waals surface area contributed by atoms with E-state index in [1.54, 1.807) is 18.3 Å². The molecule has 0 bridgehead atoms. The SMILES string of the molecule is COc1cc(C=NCC(C)C)ccc1O. The highest BCUT2D eigenvalue weighted by Crippen LogP contribution is 2.25. The molecule has 0 fully saturated rings. The Kier molecular flexibility index (Phi) is 4.16. The van der Waals surface area contributed by atoms with Gasteiger partial charge in [0.05, 0.1) is 7.11 Å². The van der Waals surface area contributed by atoms with Crippen molar-refractivity contribution in [3.05, 3.63) is 23.8 Å². The van der Waals surface area contributed by atoms with Crippen LogP contribution in [0.15, 0.2) is 23.2 Å². The van der Waals surface area contributed by atoms with Crippen molar-refractivity contribution in [3.63, 3.8) is 0 Å². The number of rotatable bonds is 4. The molecule has 0 saturated carbocycles. The first-order valence-electron chi connectivity index (χ1n) is 5.00. The lowest BCUT2D eigenvalue weighted by atomic mass is 10.2. The van der Waals surface area contributed by atoms with Crippen molar-refractivity contribution in [1.29, 1.82) is 0 Å². The number of benzene rings is 1. The minimum Gasteiger partial charge on any atom is -0.504 e. The van der Waals surface area contributed by atoms with E-state index in [4.69, 9.17) is 4.74 Å². The van der Waals surface area contributed by atoms with Gasteiger partial charge in [0.15, 0.2) is 11.5 Å². The summed E-state index contributed by atoms with van der Waals surface area (Å²) in [5, 5.41) is 9.38. The molecule has 82 valence electrons. The van der Waals surface area contributed by atoms with Crippen molar-refractivity contribution < 1.29 is 9.84 Å². The second-order valence-corrected chi connectivity index (χ2v) is 3.82. The molecular formula is C12H17NO2. The molecular weight excluding hydrogens is 190 g/mol. The van der Waals surface area contributed by atoms with Gasteiger partial charge in [0.25, 0.3) is 0 Å². The first-order valence-corrected chi connectivity index (χ1v) is 5.00. The van der Waals surface area contributed by atoms with E-state index in [1.165, 1.54) is 7.11 Å². The number of aliphatic imine (C=N–C) groups is 1. The first-order chi connectivity index (χ1) is 7.13. The number of hydrogen-bond acceptors (Lipinski definition) is 3. The molecule has 0 spiro atoms. The summed E-state index contributed by atoms with van der Waals surface area (Å²) in [4.78, 5) is 4.28. The Morgan fingerprint density at radius 3 is 2.80 bits per heavy atom. The van der Waals surface area contributed by atoms with E-state index in [2.05, 4.69) is 18.8 Å². The van der Waals surface area contributed by atoms with Crippen LogP contribution in [0.5, 0.6) is 11.5 Å². The zero-order chi connectivity index (χ0) is 11.3. The number of nitrogens with zero attached hydrogens (tertiary/aromatic N) is 1. The molecule has 0 radical (unpaired) electrons. The molecule has 1 aromatic rings. The maximum atomic E-state index is 9.38. The Morgan fingerprint density at radius 2 is 2.20 bits per heavy atom. The van der Waals surface area contributed by atoms with Gasteiger partial charge in [-0.3, -0.25) is 4.99 Å². The second kappa shape index (κ2) is 5.39. The number of ether oxygens (including phenoxy) is 1. The first kappa shape index (κ1) is 11.6. The van der Waals surface area contributed by atoms with E-state index in [0.29, 0.717) is 11.7 Å². The van der Waals surface area contributed by atoms with E-state index >= 15 is 0 Å². The van der Waals surface area contributed by atoms with Gasteiger partial charge in [-0.15, -0.1) is 0 Å². The molecule has 0 aromatic heterocycles. The molecule has 15 heavy (non-hydrogen) atoms. The van der Waals surface area contributed by atoms with E-state index in [-0.39, 0.29) is 5.75 Å². The summed E-state index contributed by atoms with van der Waals surface area (Å²) in [5.74, 6) is 1.18. The molecule has 1 N–H and O–H groups in total. The molecule has 0 aliphatic carbocycles. The summed E-state index contributed by atoms with van der Waals surface area (Å²) in [6, 6.07) is 5.18. The highest BCUT2D eigenvalue weighted by atomic mass is 16.5. The quantitative estimate of drug-likeness (QED) is 0.771. The standard InChI is InChI=1S/C12H17NO2/c1-9(2)7-13-8-10-4-5-11(14)12(6-10)15-3/h4-6,8-9,14H,7H2,1-3H3. The average Bonchev–Trinajstić information content (AvgIpc) is 2.20. The number of phenolic OH excluding ortho intramolecular Hbond substituents is 1. The van der Waals surface area contributed by atoms with Gasteiger partial charge in [-0.1, -0.05) is 13.8 Å². The van der Waals surface area contributed by atoms with E-state index in [1.807, 2.05) is 6.07 Å². The minimum atomic E-state index is 0.151. The van der Waals surface area contributed by atoms with Gasteiger partial charge in [0.2, 0.25) is 0 Å². The Labute approximate surface area is 90.4 Å². The normalized spacial score (nSPS) is 11.2. The third-order valence-electron chi connectivity index (χ3n) is 1.91. The van der Waals surface area contributed by atoms with Crippen molar-refractivity contribution in [3.8, 4) is 11.5 Å². The molecule has 3 heteroatoms. The zero-order valence-corrected chi connectivity index (χ0v) is 9.40. The summed E-state index contributed by atoms with van der Waals surface area (Å²) in [6.45, 7) is 5.05. The van der Waals surface area contributed by atoms with Gasteiger partial charge in [0.1, 0.15) is 0 Å². The summed E-state index contributed by atoms with van der Waals surface area (Å²) in [7, 11) is 1.53. The predicted octanol–water partition coefficient (Wildman–Crippen LogP) is 2.48. The monoisotopic (exact) mass is 207 g/mol. The summed E-state index contributed by atoms with van der Waals surface area (Å²) in [6.07, 6.45) is 1.79.